The number of ketones is 1. The molecule has 5 nitrogen and oxygen atoms in total. The number of para-hydroxylation sites is 2. The molecular formula is C27H27N3O2. The van der Waals surface area contributed by atoms with Gasteiger partial charge in [0.2, 0.25) is 0 Å². The Balaban J connectivity index is 1.42. The second kappa shape index (κ2) is 9.07. The minimum atomic E-state index is -0.149. The van der Waals surface area contributed by atoms with E-state index < -0.39 is 0 Å². The summed E-state index contributed by atoms with van der Waals surface area (Å²) >= 11 is 0. The third kappa shape index (κ3) is 4.09. The van der Waals surface area contributed by atoms with Crippen molar-refractivity contribution in [1.82, 2.24) is 15.0 Å². The van der Waals surface area contributed by atoms with E-state index in [9.17, 15) is 4.79 Å². The Labute approximate surface area is 188 Å². The number of carbonyl (C=O) groups excluding carboxylic acids is 1. The second-order valence-corrected chi connectivity index (χ2v) is 8.38. The molecule has 1 aromatic heterocycles. The van der Waals surface area contributed by atoms with Gasteiger partial charge in [-0.3, -0.25) is 9.63 Å². The van der Waals surface area contributed by atoms with Crippen LogP contribution in [-0.4, -0.2) is 27.4 Å². The summed E-state index contributed by atoms with van der Waals surface area (Å²) in [4.78, 5) is 27.5. The zero-order valence-electron chi connectivity index (χ0n) is 18.1. The smallest absolute Gasteiger partial charge is 0.139 e. The molecule has 0 saturated carbocycles. The lowest BCUT2D eigenvalue weighted by atomic mass is 9.81. The van der Waals surface area contributed by atoms with Gasteiger partial charge in [-0.25, -0.2) is 4.98 Å². The molecule has 1 aliphatic rings. The molecule has 5 rings (SSSR count). The Hall–Kier alpha value is -3.28. The van der Waals surface area contributed by atoms with E-state index in [0.29, 0.717) is 19.4 Å². The molecule has 2 heterocycles. The standard InChI is InChI=1S/C27H27N3O2/c1-19-25(31)18-24(20-10-4-2-5-11-20)30(27(19)21-12-6-3-7-13-21)32-17-16-26-28-22-14-8-9-15-23(22)29-26/h2-15,19,24,27H,16-18H2,1H3,(H,28,29)/t19-,24+,27-/m0/s1. The highest BCUT2D eigenvalue weighted by molar-refractivity contribution is 5.83. The number of hydrogen-bond acceptors (Lipinski definition) is 4. The summed E-state index contributed by atoms with van der Waals surface area (Å²) in [6.45, 7) is 2.49. The minimum Gasteiger partial charge on any atom is -0.342 e. The highest BCUT2D eigenvalue weighted by Crippen LogP contribution is 2.43. The van der Waals surface area contributed by atoms with Crippen LogP contribution in [-0.2, 0) is 16.1 Å². The summed E-state index contributed by atoms with van der Waals surface area (Å²) < 4.78 is 0. The lowest BCUT2D eigenvalue weighted by molar-refractivity contribution is -0.237. The molecule has 0 bridgehead atoms. The van der Waals surface area contributed by atoms with E-state index in [1.807, 2.05) is 67.6 Å². The predicted molar refractivity (Wildman–Crippen MR) is 125 cm³/mol. The van der Waals surface area contributed by atoms with Gasteiger partial charge in [0.15, 0.2) is 0 Å². The molecule has 1 N–H and O–H groups in total. The van der Waals surface area contributed by atoms with Crippen LogP contribution in [0.2, 0.25) is 0 Å². The topological polar surface area (TPSA) is 58.2 Å². The Morgan fingerprint density at radius 1 is 0.938 bits per heavy atom. The fourth-order valence-electron chi connectivity index (χ4n) is 4.62. The summed E-state index contributed by atoms with van der Waals surface area (Å²) in [7, 11) is 0. The first-order chi connectivity index (χ1) is 15.7. The van der Waals surface area contributed by atoms with E-state index in [-0.39, 0.29) is 23.8 Å². The number of hydroxylamine groups is 2. The number of hydrogen-bond donors (Lipinski definition) is 1. The number of aromatic amines is 1. The zero-order chi connectivity index (χ0) is 21.9. The largest absolute Gasteiger partial charge is 0.342 e. The van der Waals surface area contributed by atoms with Crippen molar-refractivity contribution < 1.29 is 9.63 Å². The molecule has 162 valence electrons. The number of piperidine rings is 1. The maximum absolute atomic E-state index is 13.0. The Bertz CT molecular complexity index is 1160. The molecule has 5 heteroatoms. The second-order valence-electron chi connectivity index (χ2n) is 8.38. The molecule has 3 aromatic carbocycles. The molecule has 1 aliphatic heterocycles. The molecule has 1 saturated heterocycles. The van der Waals surface area contributed by atoms with E-state index in [2.05, 4.69) is 39.3 Å². The molecule has 4 aromatic rings. The van der Waals surface area contributed by atoms with E-state index in [0.717, 1.165) is 28.0 Å². The molecule has 0 radical (unpaired) electrons. The molecular weight excluding hydrogens is 398 g/mol. The van der Waals surface area contributed by atoms with Crippen LogP contribution in [0.3, 0.4) is 0 Å². The van der Waals surface area contributed by atoms with E-state index in [1.165, 1.54) is 0 Å². The number of H-pyrrole nitrogens is 1. The number of imidazole rings is 1. The lowest BCUT2D eigenvalue weighted by Gasteiger charge is -2.44. The van der Waals surface area contributed by atoms with Crippen molar-refractivity contribution >= 4 is 16.8 Å². The van der Waals surface area contributed by atoms with Gasteiger partial charge in [-0.15, -0.1) is 0 Å². The van der Waals surface area contributed by atoms with Crippen LogP contribution in [0.15, 0.2) is 84.9 Å². The first-order valence-corrected chi connectivity index (χ1v) is 11.2. The fourth-order valence-corrected chi connectivity index (χ4v) is 4.62. The molecule has 0 amide bonds. The maximum atomic E-state index is 13.0. The van der Waals surface area contributed by atoms with Crippen LogP contribution in [0.25, 0.3) is 11.0 Å². The highest BCUT2D eigenvalue weighted by Gasteiger charge is 2.42. The van der Waals surface area contributed by atoms with Crippen molar-refractivity contribution in [2.75, 3.05) is 6.61 Å². The monoisotopic (exact) mass is 425 g/mol. The lowest BCUT2D eigenvalue weighted by Crippen LogP contribution is -2.45. The van der Waals surface area contributed by atoms with Crippen molar-refractivity contribution in [3.63, 3.8) is 0 Å². The maximum Gasteiger partial charge on any atom is 0.139 e. The molecule has 3 atom stereocenters. The van der Waals surface area contributed by atoms with E-state index in [1.54, 1.807) is 0 Å². The first-order valence-electron chi connectivity index (χ1n) is 11.2. The van der Waals surface area contributed by atoms with Crippen LogP contribution in [0.1, 0.15) is 42.4 Å². The van der Waals surface area contributed by atoms with Crippen LogP contribution in [0.4, 0.5) is 0 Å². The van der Waals surface area contributed by atoms with Crippen molar-refractivity contribution in [2.24, 2.45) is 5.92 Å². The van der Waals surface area contributed by atoms with Crippen molar-refractivity contribution in [3.8, 4) is 0 Å². The molecule has 1 fully saturated rings. The summed E-state index contributed by atoms with van der Waals surface area (Å²) in [6, 6.07) is 28.1. The summed E-state index contributed by atoms with van der Waals surface area (Å²) in [5, 5.41) is 2.05. The quantitative estimate of drug-likeness (QED) is 0.447. The summed E-state index contributed by atoms with van der Waals surface area (Å²) in [6.07, 6.45) is 1.11. The van der Waals surface area contributed by atoms with Gasteiger partial charge < -0.3 is 4.98 Å². The Morgan fingerprint density at radius 3 is 2.31 bits per heavy atom. The third-order valence-electron chi connectivity index (χ3n) is 6.30. The van der Waals surface area contributed by atoms with Gasteiger partial charge in [-0.1, -0.05) is 79.7 Å². The van der Waals surface area contributed by atoms with Gasteiger partial charge in [0.05, 0.1) is 29.7 Å². The normalized spacial score (nSPS) is 21.8. The number of nitrogens with one attached hydrogen (secondary N) is 1. The van der Waals surface area contributed by atoms with E-state index >= 15 is 0 Å². The van der Waals surface area contributed by atoms with Crippen molar-refractivity contribution in [1.29, 1.82) is 0 Å². The third-order valence-corrected chi connectivity index (χ3v) is 6.30. The molecule has 0 spiro atoms. The Morgan fingerprint density at radius 2 is 1.59 bits per heavy atom. The van der Waals surface area contributed by atoms with Gasteiger partial charge in [0.1, 0.15) is 11.6 Å². The average Bonchev–Trinajstić information content (AvgIpc) is 3.25. The van der Waals surface area contributed by atoms with Gasteiger partial charge >= 0.3 is 0 Å². The number of nitrogens with zero attached hydrogens (tertiary/aromatic N) is 2. The number of benzene rings is 3. The number of aromatic nitrogens is 2. The van der Waals surface area contributed by atoms with Crippen LogP contribution < -0.4 is 0 Å². The van der Waals surface area contributed by atoms with Crippen LogP contribution in [0.5, 0.6) is 0 Å². The molecule has 0 unspecified atom stereocenters. The average molecular weight is 426 g/mol. The molecule has 32 heavy (non-hydrogen) atoms. The van der Waals surface area contributed by atoms with Crippen molar-refractivity contribution in [2.45, 2.75) is 31.8 Å². The van der Waals surface area contributed by atoms with E-state index in [4.69, 9.17) is 4.84 Å². The van der Waals surface area contributed by atoms with Gasteiger partial charge in [0.25, 0.3) is 0 Å². The highest BCUT2D eigenvalue weighted by atomic mass is 16.7. The minimum absolute atomic E-state index is 0.124. The summed E-state index contributed by atoms with van der Waals surface area (Å²) in [5.74, 6) is 1.02. The SMILES string of the molecule is C[C@H]1C(=O)C[C@H](c2ccccc2)N(OCCc2nc3ccccc3[nH]2)[C@@H]1c1ccccc1. The number of fused-ring (bicyclic) bond motifs is 1. The molecule has 0 aliphatic carbocycles. The number of Topliss-reactive ketones (excluding diaryl/α,β-unsaturated/α-hetero) is 1. The van der Waals surface area contributed by atoms with Crippen LogP contribution >= 0.6 is 0 Å². The fraction of sp³-hybridized carbons (Fsp3) is 0.259. The Kier molecular flexibility index (Phi) is 5.84. The summed E-state index contributed by atoms with van der Waals surface area (Å²) in [5.41, 5.74) is 4.18. The van der Waals surface area contributed by atoms with Gasteiger partial charge in [-0.2, -0.15) is 5.06 Å². The van der Waals surface area contributed by atoms with Gasteiger partial charge in [-0.05, 0) is 23.3 Å². The van der Waals surface area contributed by atoms with Gasteiger partial charge in [0, 0.05) is 18.8 Å². The number of carbonyl (C=O) groups is 1. The predicted octanol–water partition coefficient (Wildman–Crippen LogP) is 5.43. The number of rotatable bonds is 6. The first kappa shape index (κ1) is 20.6. The van der Waals surface area contributed by atoms with Crippen LogP contribution in [0, 0.1) is 5.92 Å². The zero-order valence-corrected chi connectivity index (χ0v) is 18.1. The van der Waals surface area contributed by atoms with Crippen molar-refractivity contribution in [3.05, 3.63) is 102 Å².